The zero-order valence-electron chi connectivity index (χ0n) is 13.0. The summed E-state index contributed by atoms with van der Waals surface area (Å²) >= 11 is 0. The molecule has 2 aromatic rings. The zero-order valence-corrected chi connectivity index (χ0v) is 13.0. The van der Waals surface area contributed by atoms with Gasteiger partial charge in [-0.3, -0.25) is 4.90 Å². The minimum Gasteiger partial charge on any atom is -0.489 e. The number of hydrogen-bond acceptors (Lipinski definition) is 4. The van der Waals surface area contributed by atoms with Crippen molar-refractivity contribution < 1.29 is 9.47 Å². The molecule has 0 aromatic heterocycles. The average Bonchev–Trinajstić information content (AvgIpc) is 2.63. The third kappa shape index (κ3) is 4.10. The molecule has 0 amide bonds. The van der Waals surface area contributed by atoms with Crippen molar-refractivity contribution in [3.8, 4) is 11.8 Å². The summed E-state index contributed by atoms with van der Waals surface area (Å²) in [4.78, 5) is 2.15. The number of hydrogen-bond donors (Lipinski definition) is 0. The van der Waals surface area contributed by atoms with Gasteiger partial charge < -0.3 is 9.47 Å². The molecular weight excluding hydrogens is 288 g/mol. The van der Waals surface area contributed by atoms with Crippen LogP contribution >= 0.6 is 0 Å². The van der Waals surface area contributed by atoms with E-state index in [4.69, 9.17) is 9.47 Å². The number of ether oxygens (including phenoxy) is 2. The van der Waals surface area contributed by atoms with Crippen molar-refractivity contribution in [3.63, 3.8) is 0 Å². The highest BCUT2D eigenvalue weighted by Gasteiger charge is 2.22. The van der Waals surface area contributed by atoms with E-state index < -0.39 is 0 Å². The quantitative estimate of drug-likeness (QED) is 0.851. The van der Waals surface area contributed by atoms with E-state index in [1.165, 1.54) is 0 Å². The third-order valence-corrected chi connectivity index (χ3v) is 3.96. The number of rotatable bonds is 5. The van der Waals surface area contributed by atoms with Crippen LogP contribution in [0.2, 0.25) is 0 Å². The molecule has 0 radical (unpaired) electrons. The second-order valence-electron chi connectivity index (χ2n) is 5.53. The van der Waals surface area contributed by atoms with E-state index in [9.17, 15) is 5.26 Å². The maximum atomic E-state index is 9.56. The Morgan fingerprint density at radius 1 is 1.09 bits per heavy atom. The van der Waals surface area contributed by atoms with E-state index in [1.54, 1.807) is 0 Å². The van der Waals surface area contributed by atoms with E-state index in [0.717, 1.165) is 30.0 Å². The average molecular weight is 308 g/mol. The summed E-state index contributed by atoms with van der Waals surface area (Å²) in [6.45, 7) is 3.46. The second kappa shape index (κ2) is 7.77. The molecule has 0 N–H and O–H groups in total. The minimum absolute atomic E-state index is 0.251. The summed E-state index contributed by atoms with van der Waals surface area (Å²) in [6.07, 6.45) is 0. The summed E-state index contributed by atoms with van der Waals surface area (Å²) < 4.78 is 11.2. The summed E-state index contributed by atoms with van der Waals surface area (Å²) in [7, 11) is 0. The first-order valence-electron chi connectivity index (χ1n) is 7.85. The van der Waals surface area contributed by atoms with Crippen molar-refractivity contribution in [2.75, 3.05) is 26.3 Å². The highest BCUT2D eigenvalue weighted by Crippen LogP contribution is 2.25. The first kappa shape index (κ1) is 15.5. The van der Waals surface area contributed by atoms with Gasteiger partial charge in [-0.05, 0) is 23.3 Å². The first-order chi connectivity index (χ1) is 11.4. The Balaban J connectivity index is 1.69. The normalized spacial score (nSPS) is 16.5. The lowest BCUT2D eigenvalue weighted by Crippen LogP contribution is -2.38. The third-order valence-electron chi connectivity index (χ3n) is 3.96. The van der Waals surface area contributed by atoms with Gasteiger partial charge in [0.15, 0.2) is 0 Å². The van der Waals surface area contributed by atoms with Gasteiger partial charge in [-0.25, -0.2) is 0 Å². The molecule has 0 spiro atoms. The Morgan fingerprint density at radius 2 is 1.87 bits per heavy atom. The van der Waals surface area contributed by atoms with Gasteiger partial charge in [0.25, 0.3) is 0 Å². The van der Waals surface area contributed by atoms with Crippen molar-refractivity contribution in [1.82, 2.24) is 4.90 Å². The minimum atomic E-state index is -0.251. The van der Waals surface area contributed by atoms with Crippen LogP contribution in [0.15, 0.2) is 54.6 Å². The van der Waals surface area contributed by atoms with Crippen LogP contribution in [-0.4, -0.2) is 31.2 Å². The Kier molecular flexibility index (Phi) is 5.25. The second-order valence-corrected chi connectivity index (χ2v) is 5.53. The smallest absolute Gasteiger partial charge is 0.124 e. The van der Waals surface area contributed by atoms with Crippen molar-refractivity contribution in [1.29, 1.82) is 5.26 Å². The maximum Gasteiger partial charge on any atom is 0.124 e. The van der Waals surface area contributed by atoms with E-state index in [-0.39, 0.29) is 6.04 Å². The largest absolute Gasteiger partial charge is 0.489 e. The van der Waals surface area contributed by atoms with Gasteiger partial charge in [-0.1, -0.05) is 42.5 Å². The fourth-order valence-corrected chi connectivity index (χ4v) is 2.72. The number of benzene rings is 2. The molecule has 2 aromatic carbocycles. The molecule has 1 atom stereocenters. The molecule has 4 heteroatoms. The monoisotopic (exact) mass is 308 g/mol. The van der Waals surface area contributed by atoms with Crippen LogP contribution in [0.4, 0.5) is 0 Å². The van der Waals surface area contributed by atoms with Gasteiger partial charge in [-0.2, -0.15) is 5.26 Å². The van der Waals surface area contributed by atoms with E-state index in [1.807, 2.05) is 54.6 Å². The summed E-state index contributed by atoms with van der Waals surface area (Å²) in [5.41, 5.74) is 2.10. The van der Waals surface area contributed by atoms with Crippen molar-refractivity contribution in [2.24, 2.45) is 0 Å². The molecule has 23 heavy (non-hydrogen) atoms. The number of morpholine rings is 1. The fraction of sp³-hybridized carbons (Fsp3) is 0.316. The lowest BCUT2D eigenvalue weighted by atomic mass is 10.1. The molecule has 3 rings (SSSR count). The zero-order chi connectivity index (χ0) is 15.9. The van der Waals surface area contributed by atoms with Gasteiger partial charge in [0.05, 0.1) is 19.3 Å². The molecule has 0 saturated carbocycles. The highest BCUT2D eigenvalue weighted by atomic mass is 16.5. The van der Waals surface area contributed by atoms with E-state index >= 15 is 0 Å². The molecule has 1 saturated heterocycles. The van der Waals surface area contributed by atoms with Crippen LogP contribution in [0.5, 0.6) is 5.75 Å². The molecular formula is C19H20N2O2. The molecule has 4 nitrogen and oxygen atoms in total. The first-order valence-corrected chi connectivity index (χ1v) is 7.85. The molecule has 1 aliphatic rings. The topological polar surface area (TPSA) is 45.5 Å². The lowest BCUT2D eigenvalue weighted by Gasteiger charge is -2.30. The molecule has 1 aliphatic heterocycles. The van der Waals surface area contributed by atoms with Gasteiger partial charge in [0.2, 0.25) is 0 Å². The highest BCUT2D eigenvalue weighted by molar-refractivity contribution is 5.33. The lowest BCUT2D eigenvalue weighted by molar-refractivity contribution is 0.0266. The molecule has 0 aliphatic carbocycles. The van der Waals surface area contributed by atoms with Crippen LogP contribution < -0.4 is 4.74 Å². The van der Waals surface area contributed by atoms with Crippen LogP contribution in [-0.2, 0) is 11.3 Å². The maximum absolute atomic E-state index is 9.56. The van der Waals surface area contributed by atoms with E-state index in [0.29, 0.717) is 19.8 Å². The summed E-state index contributed by atoms with van der Waals surface area (Å²) in [5, 5.41) is 9.56. The Morgan fingerprint density at radius 3 is 2.61 bits per heavy atom. The van der Waals surface area contributed by atoms with Gasteiger partial charge in [0.1, 0.15) is 18.4 Å². The number of nitriles is 1. The molecule has 0 bridgehead atoms. The van der Waals surface area contributed by atoms with Crippen molar-refractivity contribution in [2.45, 2.75) is 12.6 Å². The molecule has 1 fully saturated rings. The SMILES string of the molecule is N#CC(c1cccc(OCc2ccccc2)c1)N1CCOCC1. The standard InChI is InChI=1S/C19H20N2O2/c20-14-19(21-9-11-22-12-10-21)17-7-4-8-18(13-17)23-15-16-5-2-1-3-6-16/h1-8,13,19H,9-12,15H2. The summed E-state index contributed by atoms with van der Waals surface area (Å²) in [6, 6.07) is 20.0. The summed E-state index contributed by atoms with van der Waals surface area (Å²) in [5.74, 6) is 0.792. The Hall–Kier alpha value is -2.35. The fourth-order valence-electron chi connectivity index (χ4n) is 2.72. The Bertz CT molecular complexity index is 661. The molecule has 1 heterocycles. The van der Waals surface area contributed by atoms with Crippen LogP contribution in [0.3, 0.4) is 0 Å². The van der Waals surface area contributed by atoms with Crippen molar-refractivity contribution >= 4 is 0 Å². The van der Waals surface area contributed by atoms with Gasteiger partial charge in [0, 0.05) is 13.1 Å². The van der Waals surface area contributed by atoms with Crippen LogP contribution in [0.1, 0.15) is 17.2 Å². The van der Waals surface area contributed by atoms with Gasteiger partial charge >= 0.3 is 0 Å². The predicted molar refractivity (Wildman–Crippen MR) is 88.0 cm³/mol. The van der Waals surface area contributed by atoms with Crippen LogP contribution in [0.25, 0.3) is 0 Å². The number of nitrogens with zero attached hydrogens (tertiary/aromatic N) is 2. The predicted octanol–water partition coefficient (Wildman–Crippen LogP) is 3.16. The molecule has 118 valence electrons. The van der Waals surface area contributed by atoms with E-state index in [2.05, 4.69) is 11.0 Å². The van der Waals surface area contributed by atoms with Gasteiger partial charge in [-0.15, -0.1) is 0 Å². The van der Waals surface area contributed by atoms with Crippen molar-refractivity contribution in [3.05, 3.63) is 65.7 Å². The Labute approximate surface area is 136 Å². The van der Waals surface area contributed by atoms with Crippen LogP contribution in [0, 0.1) is 11.3 Å². The molecule has 1 unspecified atom stereocenters.